The second-order valence-electron chi connectivity index (χ2n) is 7.41. The quantitative estimate of drug-likeness (QED) is 0.293. The molecule has 2 rings (SSSR count). The summed E-state index contributed by atoms with van der Waals surface area (Å²) < 4.78 is 16.4. The van der Waals surface area contributed by atoms with Gasteiger partial charge in [-0.2, -0.15) is 0 Å². The Balaban J connectivity index is 2.44. The Kier molecular flexibility index (Phi) is 7.18. The van der Waals surface area contributed by atoms with Gasteiger partial charge in [0.1, 0.15) is 18.8 Å². The van der Waals surface area contributed by atoms with Crippen LogP contribution in [0.1, 0.15) is 40.0 Å². The molecule has 7 heteroatoms. The van der Waals surface area contributed by atoms with E-state index in [1.807, 2.05) is 6.92 Å². The number of ether oxygens (including phenoxy) is 3. The number of aliphatic hydroxyl groups is 1. The summed E-state index contributed by atoms with van der Waals surface area (Å²) in [5, 5.41) is 9.20. The molecule has 0 aromatic rings. The lowest BCUT2D eigenvalue weighted by Gasteiger charge is -2.38. The van der Waals surface area contributed by atoms with E-state index in [1.54, 1.807) is 6.92 Å². The Morgan fingerprint density at radius 1 is 1.36 bits per heavy atom. The lowest BCUT2D eigenvalue weighted by molar-refractivity contribution is -0.149. The van der Waals surface area contributed by atoms with Crippen molar-refractivity contribution in [2.24, 2.45) is 11.8 Å². The number of rotatable bonds is 8. The molecule has 7 nitrogen and oxygen atoms in total. The highest BCUT2D eigenvalue weighted by Gasteiger charge is 2.50. The third-order valence-electron chi connectivity index (χ3n) is 5.16. The van der Waals surface area contributed by atoms with E-state index in [0.29, 0.717) is 19.3 Å². The molecule has 154 valence electrons. The first-order valence-electron chi connectivity index (χ1n) is 9.39. The van der Waals surface area contributed by atoms with Gasteiger partial charge in [-0.1, -0.05) is 20.1 Å². The summed E-state index contributed by atoms with van der Waals surface area (Å²) in [5.41, 5.74) is 2.12. The van der Waals surface area contributed by atoms with Crippen molar-refractivity contribution >= 4 is 17.9 Å². The molecule has 0 saturated carbocycles. The monoisotopic (exact) mass is 392 g/mol. The maximum atomic E-state index is 12.1. The van der Waals surface area contributed by atoms with E-state index < -0.39 is 36.0 Å². The number of hydrogen-bond donors (Lipinski definition) is 1. The van der Waals surface area contributed by atoms with Crippen molar-refractivity contribution < 1.29 is 33.7 Å². The van der Waals surface area contributed by atoms with Crippen LogP contribution >= 0.6 is 0 Å². The van der Waals surface area contributed by atoms with Gasteiger partial charge < -0.3 is 19.3 Å². The number of esters is 3. The highest BCUT2D eigenvalue weighted by Crippen LogP contribution is 2.45. The zero-order valence-electron chi connectivity index (χ0n) is 16.7. The standard InChI is InChI=1S/C21H28O7/c1-11(2)20(24)26-10-15-9-16-18(13(4)21(25)28-16)19(27-14(5)23)17(15)12(3)7-6-8-22/h12,16,18-19,22H,1,4,6-10H2,2-3,5H3. The minimum atomic E-state index is -0.720. The molecule has 2 aliphatic rings. The summed E-state index contributed by atoms with van der Waals surface area (Å²) in [6, 6.07) is 0. The van der Waals surface area contributed by atoms with Gasteiger partial charge in [0, 0.05) is 31.1 Å². The third kappa shape index (κ3) is 4.70. The van der Waals surface area contributed by atoms with Crippen LogP contribution in [0.4, 0.5) is 0 Å². The van der Waals surface area contributed by atoms with Crippen molar-refractivity contribution in [2.45, 2.75) is 52.2 Å². The van der Waals surface area contributed by atoms with Crippen molar-refractivity contribution in [3.05, 3.63) is 35.5 Å². The zero-order chi connectivity index (χ0) is 21.0. The molecular weight excluding hydrogens is 364 g/mol. The molecule has 4 unspecified atom stereocenters. The van der Waals surface area contributed by atoms with Crippen LogP contribution < -0.4 is 0 Å². The average Bonchev–Trinajstić information content (AvgIpc) is 2.90. The molecule has 1 heterocycles. The number of aliphatic hydroxyl groups excluding tert-OH is 1. The first-order valence-corrected chi connectivity index (χ1v) is 9.39. The Hall–Kier alpha value is -2.41. The van der Waals surface area contributed by atoms with Gasteiger partial charge in [0.25, 0.3) is 0 Å². The fraction of sp³-hybridized carbons (Fsp3) is 0.571. The Labute approximate surface area is 165 Å². The summed E-state index contributed by atoms with van der Waals surface area (Å²) in [7, 11) is 0. The SMILES string of the molecule is C=C(C)C(=O)OCC1=C(C(C)CCCO)C(OC(C)=O)C2C(=C)C(=O)OC2C1. The van der Waals surface area contributed by atoms with Crippen LogP contribution in [0, 0.1) is 11.8 Å². The van der Waals surface area contributed by atoms with Crippen molar-refractivity contribution in [1.82, 2.24) is 0 Å². The predicted octanol–water partition coefficient (Wildman–Crippen LogP) is 2.24. The second kappa shape index (κ2) is 9.19. The van der Waals surface area contributed by atoms with Crippen molar-refractivity contribution in [1.29, 1.82) is 0 Å². The topological polar surface area (TPSA) is 99.1 Å². The van der Waals surface area contributed by atoms with Crippen LogP contribution in [0.2, 0.25) is 0 Å². The molecule has 0 bridgehead atoms. The van der Waals surface area contributed by atoms with Gasteiger partial charge in [-0.25, -0.2) is 9.59 Å². The molecular formula is C21H28O7. The first-order chi connectivity index (χ1) is 13.2. The Morgan fingerprint density at radius 3 is 2.61 bits per heavy atom. The predicted molar refractivity (Wildman–Crippen MR) is 101 cm³/mol. The number of carbonyl (C=O) groups is 3. The van der Waals surface area contributed by atoms with Crippen molar-refractivity contribution in [3.8, 4) is 0 Å². The number of carbonyl (C=O) groups excluding carboxylic acids is 3. The molecule has 0 aromatic carbocycles. The van der Waals surface area contributed by atoms with Gasteiger partial charge in [-0.15, -0.1) is 0 Å². The number of hydrogen-bond acceptors (Lipinski definition) is 7. The molecule has 0 amide bonds. The van der Waals surface area contributed by atoms with Crippen molar-refractivity contribution in [3.63, 3.8) is 0 Å². The first kappa shape index (κ1) is 21.9. The molecule has 1 aliphatic heterocycles. The minimum Gasteiger partial charge on any atom is -0.458 e. The van der Waals surface area contributed by atoms with Gasteiger partial charge in [0.05, 0.1) is 5.92 Å². The molecule has 1 saturated heterocycles. The summed E-state index contributed by atoms with van der Waals surface area (Å²) >= 11 is 0. The van der Waals surface area contributed by atoms with Gasteiger partial charge in [-0.05, 0) is 36.8 Å². The fourth-order valence-electron chi connectivity index (χ4n) is 3.86. The lowest BCUT2D eigenvalue weighted by Crippen LogP contribution is -2.41. The van der Waals surface area contributed by atoms with Crippen molar-refractivity contribution in [2.75, 3.05) is 13.2 Å². The maximum Gasteiger partial charge on any atom is 0.334 e. The van der Waals surface area contributed by atoms with Crippen LogP contribution in [0.15, 0.2) is 35.5 Å². The molecule has 4 atom stereocenters. The van der Waals surface area contributed by atoms with Gasteiger partial charge in [0.15, 0.2) is 0 Å². The van der Waals surface area contributed by atoms with Crippen LogP contribution in [-0.2, 0) is 28.6 Å². The molecule has 1 N–H and O–H groups in total. The van der Waals surface area contributed by atoms with Gasteiger partial charge in [0.2, 0.25) is 0 Å². The van der Waals surface area contributed by atoms with E-state index in [2.05, 4.69) is 13.2 Å². The molecule has 0 radical (unpaired) electrons. The second-order valence-corrected chi connectivity index (χ2v) is 7.41. The van der Waals surface area contributed by atoms with E-state index in [-0.39, 0.29) is 30.3 Å². The third-order valence-corrected chi connectivity index (χ3v) is 5.16. The van der Waals surface area contributed by atoms with E-state index in [1.165, 1.54) is 6.92 Å². The van der Waals surface area contributed by atoms with E-state index in [0.717, 1.165) is 11.1 Å². The van der Waals surface area contributed by atoms with E-state index >= 15 is 0 Å². The molecule has 0 aromatic heterocycles. The van der Waals surface area contributed by atoms with E-state index in [4.69, 9.17) is 14.2 Å². The normalized spacial score (nSPS) is 25.1. The highest BCUT2D eigenvalue weighted by atomic mass is 16.6. The molecule has 28 heavy (non-hydrogen) atoms. The summed E-state index contributed by atoms with van der Waals surface area (Å²) in [5.74, 6) is -2.03. The van der Waals surface area contributed by atoms with Crippen LogP contribution in [0.25, 0.3) is 0 Å². The summed E-state index contributed by atoms with van der Waals surface area (Å²) in [6.07, 6.45) is 0.357. The Morgan fingerprint density at radius 2 is 2.04 bits per heavy atom. The zero-order valence-corrected chi connectivity index (χ0v) is 16.7. The smallest absolute Gasteiger partial charge is 0.334 e. The van der Waals surface area contributed by atoms with E-state index in [9.17, 15) is 19.5 Å². The van der Waals surface area contributed by atoms with Gasteiger partial charge in [-0.3, -0.25) is 4.79 Å². The minimum absolute atomic E-state index is 0.00446. The van der Waals surface area contributed by atoms with Crippen LogP contribution in [0.3, 0.4) is 0 Å². The van der Waals surface area contributed by atoms with Crippen LogP contribution in [0.5, 0.6) is 0 Å². The molecule has 1 fully saturated rings. The maximum absolute atomic E-state index is 12.1. The van der Waals surface area contributed by atoms with Gasteiger partial charge >= 0.3 is 17.9 Å². The summed E-state index contributed by atoms with van der Waals surface area (Å²) in [4.78, 5) is 35.7. The average molecular weight is 392 g/mol. The fourth-order valence-corrected chi connectivity index (χ4v) is 3.86. The Bertz CT molecular complexity index is 718. The molecule has 1 aliphatic carbocycles. The van der Waals surface area contributed by atoms with Crippen LogP contribution in [-0.4, -0.2) is 48.4 Å². The lowest BCUT2D eigenvalue weighted by atomic mass is 9.73. The number of fused-ring (bicyclic) bond motifs is 1. The summed E-state index contributed by atoms with van der Waals surface area (Å²) in [6.45, 7) is 12.3. The highest BCUT2D eigenvalue weighted by molar-refractivity contribution is 5.91. The largest absolute Gasteiger partial charge is 0.458 e. The molecule has 0 spiro atoms.